The lowest BCUT2D eigenvalue weighted by Crippen LogP contribution is -2.50. The molecule has 2 aromatic carbocycles. The lowest BCUT2D eigenvalue weighted by atomic mass is 9.74. The standard InChI is InChI=1S/C20H20F3NO3/c21-20(22,23)15-8-4-9-16(26)17(15)18(27)24-11-5-10-19(12-24,13-25)14-6-2-1-3-7-14/h1-4,6-9,25-26H,5,10-13H2. The number of aromatic hydroxyl groups is 1. The van der Waals surface area contributed by atoms with Crippen LogP contribution in [0.3, 0.4) is 0 Å². The number of piperidine rings is 1. The van der Waals surface area contributed by atoms with E-state index >= 15 is 0 Å². The zero-order chi connectivity index (χ0) is 19.7. The highest BCUT2D eigenvalue weighted by Crippen LogP contribution is 2.39. The van der Waals surface area contributed by atoms with Gasteiger partial charge in [0.1, 0.15) is 5.75 Å². The number of phenolic OH excluding ortho intramolecular Hbond substituents is 1. The average molecular weight is 379 g/mol. The quantitative estimate of drug-likeness (QED) is 0.857. The van der Waals surface area contributed by atoms with Crippen LogP contribution in [0.4, 0.5) is 13.2 Å². The smallest absolute Gasteiger partial charge is 0.417 e. The van der Waals surface area contributed by atoms with Crippen LogP contribution in [0.5, 0.6) is 5.75 Å². The van der Waals surface area contributed by atoms with E-state index in [1.54, 1.807) is 0 Å². The van der Waals surface area contributed by atoms with Crippen LogP contribution < -0.4 is 0 Å². The number of amides is 1. The Hall–Kier alpha value is -2.54. The second kappa shape index (κ2) is 7.23. The molecule has 0 spiro atoms. The maximum absolute atomic E-state index is 13.3. The number of carbonyl (C=O) groups excluding carboxylic acids is 1. The molecule has 3 rings (SSSR count). The van der Waals surface area contributed by atoms with E-state index in [4.69, 9.17) is 0 Å². The number of nitrogens with zero attached hydrogens (tertiary/aromatic N) is 1. The molecule has 2 aromatic rings. The second-order valence-corrected chi connectivity index (χ2v) is 6.83. The van der Waals surface area contributed by atoms with Gasteiger partial charge in [0.2, 0.25) is 0 Å². The van der Waals surface area contributed by atoms with E-state index in [1.165, 1.54) is 4.90 Å². The Bertz CT molecular complexity index is 823. The molecule has 1 atom stereocenters. The fraction of sp³-hybridized carbons (Fsp3) is 0.350. The number of benzene rings is 2. The van der Waals surface area contributed by atoms with E-state index in [0.717, 1.165) is 23.8 Å². The first-order chi connectivity index (χ1) is 12.8. The molecule has 0 aromatic heterocycles. The summed E-state index contributed by atoms with van der Waals surface area (Å²) in [5, 5.41) is 20.0. The molecule has 1 heterocycles. The summed E-state index contributed by atoms with van der Waals surface area (Å²) in [5.41, 5.74) is -1.81. The number of hydrogen-bond donors (Lipinski definition) is 2. The Kier molecular flexibility index (Phi) is 5.15. The molecule has 144 valence electrons. The normalized spacial score (nSPS) is 20.5. The van der Waals surface area contributed by atoms with Crippen LogP contribution >= 0.6 is 0 Å². The summed E-state index contributed by atoms with van der Waals surface area (Å²) in [6, 6.07) is 12.1. The molecule has 1 unspecified atom stereocenters. The SMILES string of the molecule is O=C(c1c(O)cccc1C(F)(F)F)N1CCCC(CO)(c2ccccc2)C1. The molecular formula is C20H20F3NO3. The summed E-state index contributed by atoms with van der Waals surface area (Å²) >= 11 is 0. The van der Waals surface area contributed by atoms with Crippen molar-refractivity contribution in [3.8, 4) is 5.75 Å². The van der Waals surface area contributed by atoms with E-state index in [-0.39, 0.29) is 19.7 Å². The van der Waals surface area contributed by atoms with E-state index in [2.05, 4.69) is 0 Å². The Morgan fingerprint density at radius 1 is 1.11 bits per heavy atom. The van der Waals surface area contributed by atoms with Crippen molar-refractivity contribution in [1.82, 2.24) is 4.90 Å². The summed E-state index contributed by atoms with van der Waals surface area (Å²) in [7, 11) is 0. The third-order valence-electron chi connectivity index (χ3n) is 5.11. The van der Waals surface area contributed by atoms with Gasteiger partial charge in [-0.25, -0.2) is 0 Å². The first kappa shape index (κ1) is 19.2. The van der Waals surface area contributed by atoms with Gasteiger partial charge >= 0.3 is 6.18 Å². The van der Waals surface area contributed by atoms with Crippen molar-refractivity contribution < 1.29 is 28.2 Å². The number of rotatable bonds is 3. The minimum absolute atomic E-state index is 0.0813. The molecule has 1 aliphatic heterocycles. The van der Waals surface area contributed by atoms with Gasteiger partial charge in [-0.1, -0.05) is 36.4 Å². The topological polar surface area (TPSA) is 60.8 Å². The van der Waals surface area contributed by atoms with Gasteiger partial charge in [0.15, 0.2) is 0 Å². The summed E-state index contributed by atoms with van der Waals surface area (Å²) < 4.78 is 40.0. The third-order valence-corrected chi connectivity index (χ3v) is 5.11. The van der Waals surface area contributed by atoms with Gasteiger partial charge in [-0.05, 0) is 30.5 Å². The molecule has 4 nitrogen and oxygen atoms in total. The monoisotopic (exact) mass is 379 g/mol. The van der Waals surface area contributed by atoms with Crippen molar-refractivity contribution in [2.24, 2.45) is 0 Å². The summed E-state index contributed by atoms with van der Waals surface area (Å²) in [4.78, 5) is 14.2. The largest absolute Gasteiger partial charge is 0.507 e. The highest BCUT2D eigenvalue weighted by atomic mass is 19.4. The van der Waals surface area contributed by atoms with Crippen LogP contribution in [0.2, 0.25) is 0 Å². The Balaban J connectivity index is 1.97. The van der Waals surface area contributed by atoms with Crippen molar-refractivity contribution in [3.05, 3.63) is 65.2 Å². The van der Waals surface area contributed by atoms with Gasteiger partial charge in [-0.2, -0.15) is 13.2 Å². The number of aliphatic hydroxyl groups excluding tert-OH is 1. The van der Waals surface area contributed by atoms with Crippen LogP contribution in [0.25, 0.3) is 0 Å². The third kappa shape index (κ3) is 3.64. The van der Waals surface area contributed by atoms with Crippen molar-refractivity contribution in [2.45, 2.75) is 24.4 Å². The zero-order valence-corrected chi connectivity index (χ0v) is 14.5. The number of carbonyl (C=O) groups is 1. The maximum atomic E-state index is 13.3. The highest BCUT2D eigenvalue weighted by molar-refractivity contribution is 5.98. The Labute approximate surface area is 154 Å². The highest BCUT2D eigenvalue weighted by Gasteiger charge is 2.42. The summed E-state index contributed by atoms with van der Waals surface area (Å²) in [5.74, 6) is -1.58. The number of aliphatic hydroxyl groups is 1. The molecule has 0 bridgehead atoms. The maximum Gasteiger partial charge on any atom is 0.417 e. The van der Waals surface area contributed by atoms with Crippen molar-refractivity contribution >= 4 is 5.91 Å². The lowest BCUT2D eigenvalue weighted by Gasteiger charge is -2.42. The van der Waals surface area contributed by atoms with E-state index in [1.807, 2.05) is 30.3 Å². The van der Waals surface area contributed by atoms with Crippen LogP contribution in [-0.4, -0.2) is 40.7 Å². The van der Waals surface area contributed by atoms with Crippen molar-refractivity contribution in [2.75, 3.05) is 19.7 Å². The molecule has 1 fully saturated rings. The summed E-state index contributed by atoms with van der Waals surface area (Å²) in [6.07, 6.45) is -3.60. The molecule has 1 amide bonds. The summed E-state index contributed by atoms with van der Waals surface area (Å²) in [6.45, 7) is 0.116. The first-order valence-corrected chi connectivity index (χ1v) is 8.63. The number of halogens is 3. The lowest BCUT2D eigenvalue weighted by molar-refractivity contribution is -0.138. The fourth-order valence-electron chi connectivity index (χ4n) is 3.71. The number of hydrogen-bond acceptors (Lipinski definition) is 3. The number of phenols is 1. The van der Waals surface area contributed by atoms with Crippen molar-refractivity contribution in [1.29, 1.82) is 0 Å². The minimum Gasteiger partial charge on any atom is -0.507 e. The molecule has 1 saturated heterocycles. The van der Waals surface area contributed by atoms with Crippen molar-refractivity contribution in [3.63, 3.8) is 0 Å². The Morgan fingerprint density at radius 3 is 2.44 bits per heavy atom. The van der Waals surface area contributed by atoms with Crippen LogP contribution in [0.1, 0.15) is 34.3 Å². The molecular weight excluding hydrogens is 359 g/mol. The van der Waals surface area contributed by atoms with E-state index in [9.17, 15) is 28.2 Å². The van der Waals surface area contributed by atoms with Gasteiger partial charge in [0.05, 0.1) is 17.7 Å². The van der Waals surface area contributed by atoms with Crippen LogP contribution in [0.15, 0.2) is 48.5 Å². The van der Waals surface area contributed by atoms with Gasteiger partial charge in [-0.15, -0.1) is 0 Å². The number of likely N-dealkylation sites (tertiary alicyclic amines) is 1. The molecule has 2 N–H and O–H groups in total. The first-order valence-electron chi connectivity index (χ1n) is 8.63. The molecule has 0 saturated carbocycles. The minimum atomic E-state index is -4.76. The predicted molar refractivity (Wildman–Crippen MR) is 93.5 cm³/mol. The van der Waals surface area contributed by atoms with E-state index in [0.29, 0.717) is 12.8 Å². The molecule has 1 aliphatic rings. The van der Waals surface area contributed by atoms with Crippen LogP contribution in [-0.2, 0) is 11.6 Å². The molecule has 0 aliphatic carbocycles. The van der Waals surface area contributed by atoms with Gasteiger partial charge in [-0.3, -0.25) is 4.79 Å². The second-order valence-electron chi connectivity index (χ2n) is 6.83. The van der Waals surface area contributed by atoms with Gasteiger partial charge in [0, 0.05) is 18.5 Å². The fourth-order valence-corrected chi connectivity index (χ4v) is 3.71. The van der Waals surface area contributed by atoms with Gasteiger partial charge < -0.3 is 15.1 Å². The number of alkyl halides is 3. The van der Waals surface area contributed by atoms with Gasteiger partial charge in [0.25, 0.3) is 5.91 Å². The zero-order valence-electron chi connectivity index (χ0n) is 14.5. The van der Waals surface area contributed by atoms with Crippen LogP contribution in [0, 0.1) is 0 Å². The van der Waals surface area contributed by atoms with E-state index < -0.39 is 34.4 Å². The average Bonchev–Trinajstić information content (AvgIpc) is 2.67. The molecule has 7 heteroatoms. The molecule has 0 radical (unpaired) electrons. The predicted octanol–water partition coefficient (Wildman–Crippen LogP) is 3.58. The Morgan fingerprint density at radius 2 is 1.81 bits per heavy atom. The molecule has 27 heavy (non-hydrogen) atoms.